The summed E-state index contributed by atoms with van der Waals surface area (Å²) in [7, 11) is 0. The van der Waals surface area contributed by atoms with Gasteiger partial charge in [0.15, 0.2) is 5.69 Å². The Labute approximate surface area is 166 Å². The van der Waals surface area contributed by atoms with Crippen LogP contribution in [-0.4, -0.2) is 75.6 Å². The Kier molecular flexibility index (Phi) is 6.60. The Balaban J connectivity index is 1.34. The fourth-order valence-corrected chi connectivity index (χ4v) is 3.09. The van der Waals surface area contributed by atoms with Crippen molar-refractivity contribution in [2.75, 3.05) is 39.3 Å². The first-order valence-corrected chi connectivity index (χ1v) is 9.44. The Morgan fingerprint density at radius 2 is 1.97 bits per heavy atom. The molecule has 29 heavy (non-hydrogen) atoms. The fourth-order valence-electron chi connectivity index (χ4n) is 3.09. The van der Waals surface area contributed by atoms with Gasteiger partial charge >= 0.3 is 5.69 Å². The zero-order valence-corrected chi connectivity index (χ0v) is 16.2. The number of aromatic amines is 1. The quantitative estimate of drug-likeness (QED) is 0.592. The molecule has 0 radical (unpaired) electrons. The van der Waals surface area contributed by atoms with Crippen LogP contribution in [0.15, 0.2) is 32.4 Å². The molecule has 3 heterocycles. The van der Waals surface area contributed by atoms with Crippen LogP contribution >= 0.6 is 0 Å². The molecule has 0 bridgehead atoms. The molecule has 156 valence electrons. The number of nitrogens with zero attached hydrogens (tertiary/aromatic N) is 4. The summed E-state index contributed by atoms with van der Waals surface area (Å²) in [5.41, 5.74) is -0.669. The lowest BCUT2D eigenvalue weighted by Crippen LogP contribution is -2.50. The largest absolute Gasteiger partial charge is 0.361 e. The van der Waals surface area contributed by atoms with Crippen LogP contribution in [0.1, 0.15) is 22.7 Å². The van der Waals surface area contributed by atoms with Gasteiger partial charge in [0, 0.05) is 70.6 Å². The molecule has 0 spiro atoms. The molecular formula is C18H24N6O5. The van der Waals surface area contributed by atoms with E-state index in [0.29, 0.717) is 50.7 Å². The van der Waals surface area contributed by atoms with E-state index in [4.69, 9.17) is 4.52 Å². The van der Waals surface area contributed by atoms with E-state index in [1.54, 1.807) is 17.9 Å². The average molecular weight is 404 g/mol. The highest BCUT2D eigenvalue weighted by atomic mass is 16.5. The van der Waals surface area contributed by atoms with Gasteiger partial charge in [0.2, 0.25) is 5.91 Å². The normalized spacial score (nSPS) is 14.7. The molecule has 0 aromatic carbocycles. The van der Waals surface area contributed by atoms with Gasteiger partial charge in [-0.05, 0) is 6.92 Å². The van der Waals surface area contributed by atoms with Crippen molar-refractivity contribution in [1.29, 1.82) is 0 Å². The number of hydrogen-bond donors (Lipinski definition) is 2. The summed E-state index contributed by atoms with van der Waals surface area (Å²) >= 11 is 0. The number of carbonyl (C=O) groups is 2. The Morgan fingerprint density at radius 1 is 1.21 bits per heavy atom. The highest BCUT2D eigenvalue weighted by Crippen LogP contribution is 2.09. The summed E-state index contributed by atoms with van der Waals surface area (Å²) < 4.78 is 6.24. The molecule has 0 saturated carbocycles. The smallest absolute Gasteiger partial charge is 0.328 e. The number of carbonyl (C=O) groups excluding carboxylic acids is 2. The van der Waals surface area contributed by atoms with E-state index in [-0.39, 0.29) is 24.8 Å². The van der Waals surface area contributed by atoms with Crippen molar-refractivity contribution in [2.24, 2.45) is 0 Å². The number of nitrogens with one attached hydrogen (secondary N) is 2. The van der Waals surface area contributed by atoms with Gasteiger partial charge in [0.05, 0.1) is 0 Å². The number of piperazine rings is 1. The van der Waals surface area contributed by atoms with Crippen molar-refractivity contribution in [3.8, 4) is 0 Å². The summed E-state index contributed by atoms with van der Waals surface area (Å²) in [5.74, 6) is 0.304. The van der Waals surface area contributed by atoms with Crippen molar-refractivity contribution >= 4 is 11.8 Å². The van der Waals surface area contributed by atoms with Gasteiger partial charge < -0.3 is 19.3 Å². The maximum atomic E-state index is 12.3. The van der Waals surface area contributed by atoms with E-state index in [1.165, 1.54) is 16.8 Å². The summed E-state index contributed by atoms with van der Waals surface area (Å²) in [5, 5.41) is 6.58. The lowest BCUT2D eigenvalue weighted by Gasteiger charge is -2.34. The molecule has 2 N–H and O–H groups in total. The summed E-state index contributed by atoms with van der Waals surface area (Å²) in [4.78, 5) is 52.9. The highest BCUT2D eigenvalue weighted by molar-refractivity contribution is 5.92. The van der Waals surface area contributed by atoms with Gasteiger partial charge in [-0.1, -0.05) is 5.16 Å². The van der Waals surface area contributed by atoms with Crippen LogP contribution in [0.3, 0.4) is 0 Å². The molecule has 1 aliphatic heterocycles. The molecule has 2 aromatic heterocycles. The van der Waals surface area contributed by atoms with E-state index < -0.39 is 11.2 Å². The molecular weight excluding hydrogens is 380 g/mol. The molecule has 1 saturated heterocycles. The molecule has 2 amide bonds. The van der Waals surface area contributed by atoms with Crippen LogP contribution in [0.5, 0.6) is 0 Å². The fraction of sp³-hybridized carbons (Fsp3) is 0.500. The summed E-state index contributed by atoms with van der Waals surface area (Å²) in [6.07, 6.45) is 1.51. The standard InChI is InChI=1S/C18H24N6O5/c1-13-12-14(21-29-13)17(27)23-10-8-22(9-11-23)7-4-19-15(25)2-5-24-6-3-16(26)20-18(24)28/h3,6,12H,2,4-5,7-11H2,1H3,(H,19,25)(H,20,26,28). The van der Waals surface area contributed by atoms with Gasteiger partial charge in [-0.2, -0.15) is 0 Å². The topological polar surface area (TPSA) is 134 Å². The molecule has 0 atom stereocenters. The van der Waals surface area contributed by atoms with Crippen molar-refractivity contribution in [3.63, 3.8) is 0 Å². The van der Waals surface area contributed by atoms with Crippen LogP contribution in [0, 0.1) is 6.92 Å². The van der Waals surface area contributed by atoms with Gasteiger partial charge in [0.1, 0.15) is 5.76 Å². The summed E-state index contributed by atoms with van der Waals surface area (Å²) in [6.45, 7) is 5.71. The van der Waals surface area contributed by atoms with Gasteiger partial charge in [-0.25, -0.2) is 4.79 Å². The van der Waals surface area contributed by atoms with Crippen LogP contribution in [0.2, 0.25) is 0 Å². The lowest BCUT2D eigenvalue weighted by atomic mass is 10.2. The van der Waals surface area contributed by atoms with Crippen molar-refractivity contribution in [3.05, 3.63) is 50.6 Å². The van der Waals surface area contributed by atoms with Gasteiger partial charge in [-0.15, -0.1) is 0 Å². The Bertz CT molecular complexity index is 969. The van der Waals surface area contributed by atoms with Crippen LogP contribution in [0.25, 0.3) is 0 Å². The molecule has 0 unspecified atom stereocenters. The van der Waals surface area contributed by atoms with E-state index in [1.807, 2.05) is 0 Å². The Morgan fingerprint density at radius 3 is 2.62 bits per heavy atom. The van der Waals surface area contributed by atoms with E-state index in [9.17, 15) is 19.2 Å². The number of amides is 2. The molecule has 0 aliphatic carbocycles. The minimum atomic E-state index is -0.529. The third-order valence-electron chi connectivity index (χ3n) is 4.73. The maximum Gasteiger partial charge on any atom is 0.328 e. The first kappa shape index (κ1) is 20.5. The minimum absolute atomic E-state index is 0.132. The second kappa shape index (κ2) is 9.32. The minimum Gasteiger partial charge on any atom is -0.361 e. The van der Waals surface area contributed by atoms with Crippen LogP contribution in [0.4, 0.5) is 0 Å². The first-order chi connectivity index (χ1) is 13.9. The molecule has 2 aromatic rings. The lowest BCUT2D eigenvalue weighted by molar-refractivity contribution is -0.121. The van der Waals surface area contributed by atoms with Crippen LogP contribution < -0.4 is 16.6 Å². The molecule has 3 rings (SSSR count). The molecule has 1 fully saturated rings. The van der Waals surface area contributed by atoms with Crippen LogP contribution in [-0.2, 0) is 11.3 Å². The van der Waals surface area contributed by atoms with E-state index in [0.717, 1.165) is 0 Å². The zero-order valence-electron chi connectivity index (χ0n) is 16.2. The van der Waals surface area contributed by atoms with Crippen molar-refractivity contribution in [1.82, 2.24) is 29.8 Å². The third kappa shape index (κ3) is 5.64. The monoisotopic (exact) mass is 404 g/mol. The van der Waals surface area contributed by atoms with Crippen molar-refractivity contribution in [2.45, 2.75) is 19.9 Å². The molecule has 11 nitrogen and oxygen atoms in total. The maximum absolute atomic E-state index is 12.3. The number of rotatable bonds is 7. The second-order valence-corrected chi connectivity index (χ2v) is 6.86. The predicted octanol–water partition coefficient (Wildman–Crippen LogP) is -1.20. The summed E-state index contributed by atoms with van der Waals surface area (Å²) in [6, 6.07) is 2.87. The van der Waals surface area contributed by atoms with E-state index >= 15 is 0 Å². The predicted molar refractivity (Wildman–Crippen MR) is 103 cm³/mol. The highest BCUT2D eigenvalue weighted by Gasteiger charge is 2.24. The third-order valence-corrected chi connectivity index (χ3v) is 4.73. The van der Waals surface area contributed by atoms with Gasteiger partial charge in [-0.3, -0.25) is 24.3 Å². The SMILES string of the molecule is Cc1cc(C(=O)N2CCN(CCNC(=O)CCn3ccc(=O)[nH]c3=O)CC2)no1. The van der Waals surface area contributed by atoms with Gasteiger partial charge in [0.25, 0.3) is 11.5 Å². The number of aromatic nitrogens is 3. The first-order valence-electron chi connectivity index (χ1n) is 9.44. The molecule has 11 heteroatoms. The number of H-pyrrole nitrogens is 1. The zero-order chi connectivity index (χ0) is 20.8. The Hall–Kier alpha value is -3.21. The molecule has 1 aliphatic rings. The second-order valence-electron chi connectivity index (χ2n) is 6.86. The number of aryl methyl sites for hydroxylation is 2. The van der Waals surface area contributed by atoms with Crippen molar-refractivity contribution < 1.29 is 14.1 Å². The van der Waals surface area contributed by atoms with E-state index in [2.05, 4.69) is 20.4 Å². The average Bonchev–Trinajstić information content (AvgIpc) is 3.13. The number of hydrogen-bond acceptors (Lipinski definition) is 7.